The van der Waals surface area contributed by atoms with Gasteiger partial charge in [-0.1, -0.05) is 29.3 Å². The summed E-state index contributed by atoms with van der Waals surface area (Å²) < 4.78 is 10.8. The Balaban J connectivity index is 1.88. The van der Waals surface area contributed by atoms with Gasteiger partial charge in [-0.15, -0.1) is 0 Å². The van der Waals surface area contributed by atoms with Gasteiger partial charge in [-0.2, -0.15) is 0 Å². The van der Waals surface area contributed by atoms with Gasteiger partial charge in [0.2, 0.25) is 5.91 Å². The lowest BCUT2D eigenvalue weighted by Crippen LogP contribution is -2.40. The van der Waals surface area contributed by atoms with Crippen molar-refractivity contribution >= 4 is 40.6 Å². The second-order valence-electron chi connectivity index (χ2n) is 7.33. The van der Waals surface area contributed by atoms with E-state index in [-0.39, 0.29) is 24.0 Å². The lowest BCUT2D eigenvalue weighted by molar-refractivity contribution is -0.119. The van der Waals surface area contributed by atoms with Gasteiger partial charge < -0.3 is 9.47 Å². The molecule has 1 amide bonds. The van der Waals surface area contributed by atoms with Gasteiger partial charge in [-0.3, -0.25) is 14.5 Å². The van der Waals surface area contributed by atoms with Crippen LogP contribution in [0.2, 0.25) is 10.0 Å². The lowest BCUT2D eigenvalue weighted by atomic mass is 9.77. The number of rotatable bonds is 4. The number of ketones is 1. The molecule has 30 heavy (non-hydrogen) atoms. The lowest BCUT2D eigenvalue weighted by Gasteiger charge is -2.39. The number of amides is 1. The maximum absolute atomic E-state index is 13.3. The van der Waals surface area contributed by atoms with E-state index in [1.54, 1.807) is 43.4 Å². The number of hydrogen-bond donors (Lipinski definition) is 0. The van der Waals surface area contributed by atoms with Gasteiger partial charge in [0.1, 0.15) is 11.5 Å². The van der Waals surface area contributed by atoms with Gasteiger partial charge in [0.05, 0.1) is 24.9 Å². The molecule has 7 heteroatoms. The van der Waals surface area contributed by atoms with Gasteiger partial charge in [-0.25, -0.2) is 0 Å². The highest BCUT2D eigenvalue weighted by atomic mass is 35.5. The molecule has 156 valence electrons. The third-order valence-electron chi connectivity index (χ3n) is 5.64. The van der Waals surface area contributed by atoms with Crippen LogP contribution in [0, 0.1) is 0 Å². The maximum Gasteiger partial charge on any atom is 0.232 e. The van der Waals surface area contributed by atoms with E-state index in [9.17, 15) is 9.59 Å². The summed E-state index contributed by atoms with van der Waals surface area (Å²) >= 11 is 12.4. The third kappa shape index (κ3) is 3.57. The number of ether oxygens (including phenoxy) is 2. The molecule has 0 bridgehead atoms. The van der Waals surface area contributed by atoms with Crippen LogP contribution in [-0.2, 0) is 9.59 Å². The third-order valence-corrected chi connectivity index (χ3v) is 6.18. The zero-order valence-corrected chi connectivity index (χ0v) is 18.2. The minimum atomic E-state index is -0.372. The SMILES string of the molecule is COc1ccc(C2CC(=O)N(c3ccc(Cl)cc3Cl)C3=C2C(=O)CCC3)c(OC)c1. The van der Waals surface area contributed by atoms with Crippen LogP contribution in [0.25, 0.3) is 0 Å². The minimum absolute atomic E-state index is 0.0571. The first-order chi connectivity index (χ1) is 14.4. The molecule has 1 aliphatic heterocycles. The summed E-state index contributed by atoms with van der Waals surface area (Å²) in [6.07, 6.45) is 1.93. The molecule has 1 unspecified atom stereocenters. The number of benzene rings is 2. The molecule has 2 aromatic carbocycles. The largest absolute Gasteiger partial charge is 0.497 e. The van der Waals surface area contributed by atoms with E-state index in [1.165, 1.54) is 0 Å². The van der Waals surface area contributed by atoms with Crippen LogP contribution in [0.3, 0.4) is 0 Å². The van der Waals surface area contributed by atoms with Crippen LogP contribution in [-0.4, -0.2) is 25.9 Å². The number of anilines is 1. The molecule has 1 heterocycles. The van der Waals surface area contributed by atoms with Crippen molar-refractivity contribution in [3.63, 3.8) is 0 Å². The molecule has 0 saturated carbocycles. The molecular weight excluding hydrogens is 425 g/mol. The highest BCUT2D eigenvalue weighted by molar-refractivity contribution is 6.37. The average molecular weight is 446 g/mol. The van der Waals surface area contributed by atoms with Crippen LogP contribution < -0.4 is 14.4 Å². The van der Waals surface area contributed by atoms with E-state index in [0.29, 0.717) is 52.1 Å². The van der Waals surface area contributed by atoms with Crippen molar-refractivity contribution in [2.75, 3.05) is 19.1 Å². The normalized spacial score (nSPS) is 19.1. The predicted molar refractivity (Wildman–Crippen MR) is 117 cm³/mol. The van der Waals surface area contributed by atoms with Crippen molar-refractivity contribution in [2.24, 2.45) is 0 Å². The summed E-state index contributed by atoms with van der Waals surface area (Å²) in [5.74, 6) is 0.813. The number of Topliss-reactive ketones (excluding diaryl/α,β-unsaturated/α-hetero) is 1. The fourth-order valence-electron chi connectivity index (χ4n) is 4.31. The van der Waals surface area contributed by atoms with Crippen molar-refractivity contribution < 1.29 is 19.1 Å². The standard InChI is InChI=1S/C23H21Cl2NO4/c1-29-14-7-8-15(21(11-14)30-2)16-12-22(28)26(18-9-6-13(24)10-17(18)25)19-4-3-5-20(27)23(16)19/h6-11,16H,3-5,12H2,1-2H3. The molecule has 0 saturated heterocycles. The van der Waals surface area contributed by atoms with Gasteiger partial charge >= 0.3 is 0 Å². The Morgan fingerprint density at radius 2 is 1.80 bits per heavy atom. The molecular formula is C23H21Cl2NO4. The summed E-state index contributed by atoms with van der Waals surface area (Å²) in [6, 6.07) is 10.5. The second-order valence-corrected chi connectivity index (χ2v) is 8.17. The van der Waals surface area contributed by atoms with Crippen LogP contribution in [0.1, 0.15) is 37.2 Å². The highest BCUT2D eigenvalue weighted by Crippen LogP contribution is 2.47. The van der Waals surface area contributed by atoms with Gasteiger partial charge in [0.15, 0.2) is 5.78 Å². The Morgan fingerprint density at radius 1 is 1.00 bits per heavy atom. The van der Waals surface area contributed by atoms with Crippen LogP contribution in [0.4, 0.5) is 5.69 Å². The van der Waals surface area contributed by atoms with Gasteiger partial charge in [-0.05, 0) is 37.1 Å². The van der Waals surface area contributed by atoms with Crippen molar-refractivity contribution in [1.29, 1.82) is 0 Å². The second kappa shape index (κ2) is 8.32. The van der Waals surface area contributed by atoms with E-state index < -0.39 is 0 Å². The van der Waals surface area contributed by atoms with E-state index in [4.69, 9.17) is 32.7 Å². The Hall–Kier alpha value is -2.50. The van der Waals surface area contributed by atoms with Crippen molar-refractivity contribution in [2.45, 2.75) is 31.6 Å². The van der Waals surface area contributed by atoms with E-state index >= 15 is 0 Å². The number of methoxy groups -OCH3 is 2. The van der Waals surface area contributed by atoms with Crippen LogP contribution in [0.5, 0.6) is 11.5 Å². The number of carbonyl (C=O) groups excluding carboxylic acids is 2. The van der Waals surface area contributed by atoms with Crippen molar-refractivity contribution in [1.82, 2.24) is 0 Å². The molecule has 0 aromatic heterocycles. The Labute approximate surface area is 185 Å². The Bertz CT molecular complexity index is 1060. The number of hydrogen-bond acceptors (Lipinski definition) is 4. The summed E-state index contributed by atoms with van der Waals surface area (Å²) in [6.45, 7) is 0. The molecule has 5 nitrogen and oxygen atoms in total. The number of carbonyl (C=O) groups is 2. The minimum Gasteiger partial charge on any atom is -0.497 e. The molecule has 0 spiro atoms. The molecule has 2 aliphatic rings. The van der Waals surface area contributed by atoms with Crippen molar-refractivity contribution in [3.05, 3.63) is 63.3 Å². The fourth-order valence-corrected chi connectivity index (χ4v) is 4.80. The molecule has 2 aromatic rings. The van der Waals surface area contributed by atoms with E-state index in [0.717, 1.165) is 11.3 Å². The van der Waals surface area contributed by atoms with E-state index in [1.807, 2.05) is 12.1 Å². The Kier molecular flexibility index (Phi) is 5.76. The average Bonchev–Trinajstić information content (AvgIpc) is 2.73. The van der Waals surface area contributed by atoms with E-state index in [2.05, 4.69) is 0 Å². The molecule has 0 radical (unpaired) electrons. The van der Waals surface area contributed by atoms with Gasteiger partial charge in [0, 0.05) is 46.7 Å². The first-order valence-electron chi connectivity index (χ1n) is 9.70. The highest BCUT2D eigenvalue weighted by Gasteiger charge is 2.41. The molecule has 1 aliphatic carbocycles. The molecule has 0 fully saturated rings. The number of nitrogens with zero attached hydrogens (tertiary/aromatic N) is 1. The maximum atomic E-state index is 13.3. The molecule has 4 rings (SSSR count). The van der Waals surface area contributed by atoms with Crippen LogP contribution >= 0.6 is 23.2 Å². The monoisotopic (exact) mass is 445 g/mol. The van der Waals surface area contributed by atoms with Gasteiger partial charge in [0.25, 0.3) is 0 Å². The van der Waals surface area contributed by atoms with Crippen molar-refractivity contribution in [3.8, 4) is 11.5 Å². The molecule has 0 N–H and O–H groups in total. The summed E-state index contributed by atoms with van der Waals surface area (Å²) in [5, 5.41) is 0.865. The topological polar surface area (TPSA) is 55.8 Å². The van der Waals surface area contributed by atoms with Crippen LogP contribution in [0.15, 0.2) is 47.7 Å². The smallest absolute Gasteiger partial charge is 0.232 e. The number of allylic oxidation sites excluding steroid dienone is 2. The Morgan fingerprint density at radius 3 is 2.50 bits per heavy atom. The molecule has 1 atom stereocenters. The summed E-state index contributed by atoms with van der Waals surface area (Å²) in [4.78, 5) is 28.0. The fraction of sp³-hybridized carbons (Fsp3) is 0.304. The summed E-state index contributed by atoms with van der Waals surface area (Å²) in [5.41, 5.74) is 2.73. The quantitative estimate of drug-likeness (QED) is 0.619. The zero-order chi connectivity index (χ0) is 21.4. The summed E-state index contributed by atoms with van der Waals surface area (Å²) in [7, 11) is 3.15. The predicted octanol–water partition coefficient (Wildman–Crippen LogP) is 5.54. The first-order valence-corrected chi connectivity index (χ1v) is 10.5. The number of halogens is 2. The first kappa shape index (κ1) is 20.8. The zero-order valence-electron chi connectivity index (χ0n) is 16.7.